The van der Waals surface area contributed by atoms with Crippen molar-refractivity contribution in [3.8, 4) is 0 Å². The van der Waals surface area contributed by atoms with E-state index in [0.717, 1.165) is 10.1 Å². The Morgan fingerprint density at radius 3 is 3.00 bits per heavy atom. The molecule has 0 radical (unpaired) electrons. The minimum absolute atomic E-state index is 0.404. The molecule has 0 fully saturated rings. The monoisotopic (exact) mass is 262 g/mol. The number of primary amides is 1. The topological polar surface area (TPSA) is 56.0 Å². The van der Waals surface area contributed by atoms with Crippen LogP contribution < -0.4 is 5.73 Å². The summed E-state index contributed by atoms with van der Waals surface area (Å²) in [5.41, 5.74) is 6.47. The molecular formula is C7H7IN2O. The van der Waals surface area contributed by atoms with Gasteiger partial charge in [0.1, 0.15) is 0 Å². The Hall–Kier alpha value is -0.650. The quantitative estimate of drug-likeness (QED) is 0.641. The van der Waals surface area contributed by atoms with Gasteiger partial charge in [0.2, 0.25) is 5.91 Å². The third-order valence-electron chi connectivity index (χ3n) is 1.24. The van der Waals surface area contributed by atoms with Gasteiger partial charge >= 0.3 is 0 Å². The molecule has 0 atom stereocenters. The number of nitrogens with zero attached hydrogens (tertiary/aromatic N) is 1. The highest BCUT2D eigenvalue weighted by atomic mass is 127. The van der Waals surface area contributed by atoms with E-state index in [1.165, 1.54) is 0 Å². The van der Waals surface area contributed by atoms with Crippen LogP contribution in [0.25, 0.3) is 0 Å². The smallest absolute Gasteiger partial charge is 0.248 e. The van der Waals surface area contributed by atoms with E-state index in [9.17, 15) is 4.79 Å². The van der Waals surface area contributed by atoms with Gasteiger partial charge in [0.25, 0.3) is 0 Å². The Kier molecular flexibility index (Phi) is 2.81. The van der Waals surface area contributed by atoms with Crippen molar-refractivity contribution < 1.29 is 4.79 Å². The van der Waals surface area contributed by atoms with Crippen molar-refractivity contribution in [2.75, 3.05) is 0 Å². The average molecular weight is 262 g/mol. The van der Waals surface area contributed by atoms with Gasteiger partial charge in [0.15, 0.2) is 0 Å². The number of pyridine rings is 1. The molecular weight excluding hydrogens is 255 g/mol. The van der Waals surface area contributed by atoms with Crippen LogP contribution in [0.2, 0.25) is 0 Å². The molecule has 0 spiro atoms. The number of aromatic nitrogens is 1. The normalized spacial score (nSPS) is 9.55. The van der Waals surface area contributed by atoms with Gasteiger partial charge in [0.05, 0.1) is 5.69 Å². The van der Waals surface area contributed by atoms with Crippen molar-refractivity contribution >= 4 is 28.5 Å². The summed E-state index contributed by atoms with van der Waals surface area (Å²) in [4.78, 5) is 14.7. The summed E-state index contributed by atoms with van der Waals surface area (Å²) in [6, 6.07) is 3.31. The number of hydrogen-bond acceptors (Lipinski definition) is 2. The van der Waals surface area contributed by atoms with Crippen molar-refractivity contribution in [3.05, 3.63) is 29.6 Å². The van der Waals surface area contributed by atoms with Gasteiger partial charge in [-0.15, -0.1) is 0 Å². The Bertz CT molecular complexity index is 275. The largest absolute Gasteiger partial charge is 0.366 e. The van der Waals surface area contributed by atoms with Crippen molar-refractivity contribution in [1.29, 1.82) is 0 Å². The summed E-state index contributed by atoms with van der Waals surface area (Å²) in [6.45, 7) is 0. The van der Waals surface area contributed by atoms with Crippen molar-refractivity contribution in [2.24, 2.45) is 5.73 Å². The Balaban J connectivity index is 3.01. The highest BCUT2D eigenvalue weighted by Crippen LogP contribution is 2.04. The van der Waals surface area contributed by atoms with E-state index in [-0.39, 0.29) is 0 Å². The van der Waals surface area contributed by atoms with Gasteiger partial charge in [-0.05, 0) is 12.1 Å². The van der Waals surface area contributed by atoms with Gasteiger partial charge in [-0.3, -0.25) is 9.78 Å². The minimum atomic E-state index is -0.404. The summed E-state index contributed by atoms with van der Waals surface area (Å²) in [7, 11) is 0. The molecule has 1 rings (SSSR count). The highest BCUT2D eigenvalue weighted by Gasteiger charge is 2.00. The second kappa shape index (κ2) is 3.66. The van der Waals surface area contributed by atoms with Crippen molar-refractivity contribution in [3.63, 3.8) is 0 Å². The number of halogens is 1. The second-order valence-electron chi connectivity index (χ2n) is 2.03. The zero-order chi connectivity index (χ0) is 8.27. The molecule has 0 unspecified atom stereocenters. The molecule has 1 aromatic rings. The van der Waals surface area contributed by atoms with E-state index >= 15 is 0 Å². The summed E-state index contributed by atoms with van der Waals surface area (Å²) in [6.07, 6.45) is 1.59. The fourth-order valence-electron chi connectivity index (χ4n) is 0.705. The molecule has 58 valence electrons. The summed E-state index contributed by atoms with van der Waals surface area (Å²) in [5.74, 6) is -0.404. The molecule has 4 heteroatoms. The molecule has 0 saturated heterocycles. The zero-order valence-corrected chi connectivity index (χ0v) is 7.91. The van der Waals surface area contributed by atoms with Gasteiger partial charge in [-0.1, -0.05) is 22.6 Å². The molecule has 3 nitrogen and oxygen atoms in total. The molecule has 1 amide bonds. The average Bonchev–Trinajstić information content (AvgIpc) is 2.05. The summed E-state index contributed by atoms with van der Waals surface area (Å²) < 4.78 is 0.791. The number of alkyl halides is 1. The molecule has 1 heterocycles. The van der Waals surface area contributed by atoms with Gasteiger partial charge in [-0.25, -0.2) is 0 Å². The zero-order valence-electron chi connectivity index (χ0n) is 5.75. The first kappa shape index (κ1) is 8.45. The Morgan fingerprint density at radius 2 is 2.45 bits per heavy atom. The number of carbonyl (C=O) groups excluding carboxylic acids is 1. The van der Waals surface area contributed by atoms with Crippen LogP contribution in [-0.2, 0) is 4.43 Å². The van der Waals surface area contributed by atoms with Gasteiger partial charge in [0, 0.05) is 16.2 Å². The van der Waals surface area contributed by atoms with Gasteiger partial charge < -0.3 is 5.73 Å². The van der Waals surface area contributed by atoms with Crippen LogP contribution >= 0.6 is 22.6 Å². The van der Waals surface area contributed by atoms with Gasteiger partial charge in [-0.2, -0.15) is 0 Å². The maximum absolute atomic E-state index is 10.7. The predicted molar refractivity (Wildman–Crippen MR) is 50.5 cm³/mol. The first-order chi connectivity index (χ1) is 5.24. The van der Waals surface area contributed by atoms with Crippen LogP contribution in [0.15, 0.2) is 18.3 Å². The fourth-order valence-corrected chi connectivity index (χ4v) is 1.12. The van der Waals surface area contributed by atoms with E-state index in [1.807, 2.05) is 0 Å². The number of rotatable bonds is 2. The summed E-state index contributed by atoms with van der Waals surface area (Å²) >= 11 is 2.18. The van der Waals surface area contributed by atoms with E-state index in [4.69, 9.17) is 5.73 Å². The molecule has 0 saturated carbocycles. The van der Waals surface area contributed by atoms with Crippen LogP contribution in [0, 0.1) is 0 Å². The minimum Gasteiger partial charge on any atom is -0.366 e. The van der Waals surface area contributed by atoms with Crippen LogP contribution in [-0.4, -0.2) is 10.9 Å². The lowest BCUT2D eigenvalue weighted by Crippen LogP contribution is -2.11. The first-order valence-corrected chi connectivity index (χ1v) is 4.57. The van der Waals surface area contributed by atoms with Crippen LogP contribution in [0.3, 0.4) is 0 Å². The highest BCUT2D eigenvalue weighted by molar-refractivity contribution is 14.1. The number of nitrogens with two attached hydrogens (primary N) is 1. The van der Waals surface area contributed by atoms with Crippen LogP contribution in [0.5, 0.6) is 0 Å². The van der Waals surface area contributed by atoms with Crippen LogP contribution in [0.1, 0.15) is 16.1 Å². The van der Waals surface area contributed by atoms with E-state index < -0.39 is 5.91 Å². The molecule has 0 bridgehead atoms. The molecule has 11 heavy (non-hydrogen) atoms. The first-order valence-electron chi connectivity index (χ1n) is 3.04. The molecule has 0 aliphatic carbocycles. The Morgan fingerprint density at radius 1 is 1.73 bits per heavy atom. The molecule has 0 aromatic carbocycles. The lowest BCUT2D eigenvalue weighted by atomic mass is 10.2. The fraction of sp³-hybridized carbons (Fsp3) is 0.143. The van der Waals surface area contributed by atoms with E-state index in [2.05, 4.69) is 27.6 Å². The second-order valence-corrected chi connectivity index (χ2v) is 2.80. The van der Waals surface area contributed by atoms with Crippen LogP contribution in [0.4, 0.5) is 0 Å². The molecule has 1 aromatic heterocycles. The third-order valence-corrected chi connectivity index (χ3v) is 2.02. The number of amides is 1. The summed E-state index contributed by atoms with van der Waals surface area (Å²) in [5, 5.41) is 0. The SMILES string of the molecule is NC(=O)c1ccnc(CI)c1. The third kappa shape index (κ3) is 2.14. The molecule has 0 aliphatic heterocycles. The van der Waals surface area contributed by atoms with Crippen molar-refractivity contribution in [1.82, 2.24) is 4.98 Å². The standard InChI is InChI=1S/C7H7IN2O/c8-4-6-3-5(7(9)11)1-2-10-6/h1-3H,4H2,(H2,9,11). The lowest BCUT2D eigenvalue weighted by molar-refractivity contribution is 0.1000. The Labute approximate surface area is 78.1 Å². The maximum atomic E-state index is 10.7. The van der Waals surface area contributed by atoms with Crippen molar-refractivity contribution in [2.45, 2.75) is 4.43 Å². The molecule has 2 N–H and O–H groups in total. The number of hydrogen-bond donors (Lipinski definition) is 1. The van der Waals surface area contributed by atoms with E-state index in [0.29, 0.717) is 5.56 Å². The maximum Gasteiger partial charge on any atom is 0.248 e. The predicted octanol–water partition coefficient (Wildman–Crippen LogP) is 1.12. The molecule has 0 aliphatic rings. The van der Waals surface area contributed by atoms with E-state index in [1.54, 1.807) is 18.3 Å². The lowest BCUT2D eigenvalue weighted by Gasteiger charge is -1.96. The number of carbonyl (C=O) groups is 1.